The van der Waals surface area contributed by atoms with Gasteiger partial charge in [-0.25, -0.2) is 18.7 Å². The summed E-state index contributed by atoms with van der Waals surface area (Å²) in [6.45, 7) is 8.94. The molecule has 6 heterocycles. The minimum absolute atomic E-state index is 0.0125. The third-order valence-electron chi connectivity index (χ3n) is 12.9. The van der Waals surface area contributed by atoms with Gasteiger partial charge in [0.2, 0.25) is 17.7 Å². The largest absolute Gasteiger partial charge is 0.491 e. The van der Waals surface area contributed by atoms with E-state index in [9.17, 15) is 28.4 Å². The molecule has 4 saturated heterocycles. The molecular formula is C45H46ClF2N9O6. The number of piperidine rings is 2. The third kappa shape index (κ3) is 8.56. The van der Waals surface area contributed by atoms with Crippen molar-refractivity contribution in [3.05, 3.63) is 89.2 Å². The van der Waals surface area contributed by atoms with Crippen LogP contribution >= 0.6 is 11.6 Å². The smallest absolute Gasteiger partial charge is 0.262 e. The Morgan fingerprint density at radius 1 is 0.937 bits per heavy atom. The van der Waals surface area contributed by atoms with Crippen LogP contribution in [0.3, 0.4) is 0 Å². The number of anilines is 4. The van der Waals surface area contributed by atoms with Crippen LogP contribution in [0.2, 0.25) is 5.02 Å². The summed E-state index contributed by atoms with van der Waals surface area (Å²) in [5.41, 5.74) is 1.85. The van der Waals surface area contributed by atoms with Crippen LogP contribution in [-0.2, 0) is 14.4 Å². The Kier molecular flexibility index (Phi) is 11.8. The average molecular weight is 882 g/mol. The van der Waals surface area contributed by atoms with Gasteiger partial charge in [-0.05, 0) is 100 Å². The highest BCUT2D eigenvalue weighted by molar-refractivity contribution is 6.31. The summed E-state index contributed by atoms with van der Waals surface area (Å²) in [6, 6.07) is 9.70. The Labute approximate surface area is 366 Å². The first-order valence-corrected chi connectivity index (χ1v) is 21.7. The zero-order valence-corrected chi connectivity index (χ0v) is 35.1. The highest BCUT2D eigenvalue weighted by atomic mass is 35.5. The maximum atomic E-state index is 15.7. The summed E-state index contributed by atoms with van der Waals surface area (Å²) in [5.74, 6) is -2.61. The van der Waals surface area contributed by atoms with E-state index in [4.69, 9.17) is 16.3 Å². The number of hydrogen-bond acceptors (Lipinski definition) is 12. The Bertz CT molecular complexity index is 2520. The van der Waals surface area contributed by atoms with Crippen LogP contribution in [0, 0.1) is 17.6 Å². The molecule has 5 aliphatic rings. The number of likely N-dealkylation sites (tertiary alicyclic amines) is 1. The van der Waals surface area contributed by atoms with E-state index in [2.05, 4.69) is 42.3 Å². The van der Waals surface area contributed by atoms with Crippen molar-refractivity contribution >= 4 is 74.9 Å². The van der Waals surface area contributed by atoms with Crippen molar-refractivity contribution in [2.45, 2.75) is 63.1 Å². The molecule has 3 aromatic carbocycles. The van der Waals surface area contributed by atoms with Crippen LogP contribution in [-0.4, -0.2) is 118 Å². The van der Waals surface area contributed by atoms with Crippen molar-refractivity contribution in [2.75, 3.05) is 61.4 Å². The molecule has 328 valence electrons. The maximum absolute atomic E-state index is 15.7. The van der Waals surface area contributed by atoms with Crippen LogP contribution in [0.5, 0.6) is 5.75 Å². The fraction of sp³-hybridized carbons (Fsp3) is 0.400. The lowest BCUT2D eigenvalue weighted by Crippen LogP contribution is -2.55. The Hall–Kier alpha value is -6.04. The van der Waals surface area contributed by atoms with Gasteiger partial charge in [-0.2, -0.15) is 0 Å². The topological polar surface area (TPSA) is 169 Å². The molecule has 0 radical (unpaired) electrons. The molecule has 0 spiro atoms. The van der Waals surface area contributed by atoms with Crippen molar-refractivity contribution < 1.29 is 37.5 Å². The Morgan fingerprint density at radius 3 is 2.40 bits per heavy atom. The fourth-order valence-electron chi connectivity index (χ4n) is 9.66. The summed E-state index contributed by atoms with van der Waals surface area (Å²) < 4.78 is 35.7. The average Bonchev–Trinajstić information content (AvgIpc) is 3.63. The molecule has 3 atom stereocenters. The number of fused-ring (bicyclic) bond motifs is 4. The quantitative estimate of drug-likeness (QED) is 0.0857. The van der Waals surface area contributed by atoms with E-state index in [-0.39, 0.29) is 46.8 Å². The number of imide groups is 2. The van der Waals surface area contributed by atoms with Crippen molar-refractivity contribution in [3.8, 4) is 5.75 Å². The van der Waals surface area contributed by atoms with E-state index >= 15 is 4.39 Å². The Balaban J connectivity index is 0.767. The number of ether oxygens (including phenoxy) is 1. The van der Waals surface area contributed by atoms with E-state index in [1.54, 1.807) is 18.2 Å². The van der Waals surface area contributed by atoms with Crippen molar-refractivity contribution in [3.63, 3.8) is 0 Å². The summed E-state index contributed by atoms with van der Waals surface area (Å²) in [6.07, 6.45) is 7.51. The number of rotatable bonds is 13. The molecule has 4 fully saturated rings. The minimum Gasteiger partial charge on any atom is -0.491 e. The lowest BCUT2D eigenvalue weighted by molar-refractivity contribution is -0.136. The van der Waals surface area contributed by atoms with Crippen LogP contribution < -0.4 is 25.6 Å². The van der Waals surface area contributed by atoms with Crippen molar-refractivity contribution in [2.24, 2.45) is 5.92 Å². The predicted molar refractivity (Wildman–Crippen MR) is 231 cm³/mol. The lowest BCUT2D eigenvalue weighted by Gasteiger charge is -2.44. The van der Waals surface area contributed by atoms with Crippen molar-refractivity contribution in [1.82, 2.24) is 30.0 Å². The van der Waals surface area contributed by atoms with Crippen LogP contribution in [0.25, 0.3) is 10.9 Å². The second-order valence-corrected chi connectivity index (χ2v) is 17.2. The minimum atomic E-state index is -1.11. The first-order chi connectivity index (χ1) is 30.4. The number of carbonyl (C=O) groups excluding carboxylic acids is 5. The van der Waals surface area contributed by atoms with Gasteiger partial charge < -0.3 is 25.2 Å². The third-order valence-corrected chi connectivity index (χ3v) is 13.2. The lowest BCUT2D eigenvalue weighted by atomic mass is 9.95. The second kappa shape index (κ2) is 17.6. The molecule has 63 heavy (non-hydrogen) atoms. The molecule has 15 nitrogen and oxygen atoms in total. The van der Waals surface area contributed by atoms with Gasteiger partial charge in [-0.1, -0.05) is 18.2 Å². The van der Waals surface area contributed by atoms with E-state index in [0.29, 0.717) is 59.5 Å². The number of aromatic nitrogens is 2. The van der Waals surface area contributed by atoms with E-state index in [1.165, 1.54) is 30.6 Å². The molecule has 0 aliphatic carbocycles. The van der Waals surface area contributed by atoms with Gasteiger partial charge in [0.05, 0.1) is 39.6 Å². The number of hydrogen-bond donors (Lipinski definition) is 3. The molecule has 2 bridgehead atoms. The highest BCUT2D eigenvalue weighted by Gasteiger charge is 2.46. The normalized spacial score (nSPS) is 21.8. The van der Waals surface area contributed by atoms with Gasteiger partial charge in [0.1, 0.15) is 35.6 Å². The maximum Gasteiger partial charge on any atom is 0.262 e. The number of benzene rings is 3. The van der Waals surface area contributed by atoms with Gasteiger partial charge in [0.25, 0.3) is 11.8 Å². The molecule has 5 amide bonds. The molecule has 4 aromatic rings. The first kappa shape index (κ1) is 42.3. The zero-order chi connectivity index (χ0) is 43.9. The summed E-state index contributed by atoms with van der Waals surface area (Å²) in [7, 11) is 0. The van der Waals surface area contributed by atoms with Gasteiger partial charge in [0, 0.05) is 61.8 Å². The molecule has 18 heteroatoms. The number of piperazine rings is 1. The monoisotopic (exact) mass is 881 g/mol. The summed E-state index contributed by atoms with van der Waals surface area (Å²) in [5, 5.41) is 8.74. The number of nitrogens with zero attached hydrogens (tertiary/aromatic N) is 6. The van der Waals surface area contributed by atoms with E-state index < -0.39 is 47.2 Å². The van der Waals surface area contributed by atoms with Gasteiger partial charge >= 0.3 is 0 Å². The molecule has 3 N–H and O–H groups in total. The van der Waals surface area contributed by atoms with Crippen LogP contribution in [0.1, 0.15) is 65.7 Å². The zero-order valence-electron chi connectivity index (χ0n) is 34.4. The first-order valence-electron chi connectivity index (χ1n) is 21.3. The van der Waals surface area contributed by atoms with Crippen LogP contribution in [0.4, 0.5) is 31.7 Å². The number of halogens is 3. The highest BCUT2D eigenvalue weighted by Crippen LogP contribution is 2.39. The Morgan fingerprint density at radius 2 is 1.68 bits per heavy atom. The van der Waals surface area contributed by atoms with Gasteiger partial charge in [-0.15, -0.1) is 0 Å². The molecule has 9 rings (SSSR count). The standard InChI is InChI=1S/C45H46ClF2N9O6/c1-2-40(58)52-36-18-31-35(49-24-50-42(31)51-26-4-7-33(47)32(46)16-26)20-39(36)63-15-3-12-54-13-10-25(11-14-54)21-56-27-5-6-28(56)23-55(22-27)38-19-30-29(17-34(38)48)44(61)57(45(30)62)37-8-9-41(59)53-43(37)60/h2,4,7,16-20,24-25,27-28,37H,1,3,5-6,8-15,21-23H2,(H,52,58)(H,49,50,51)(H,53,59,60). The molecule has 5 aliphatic heterocycles. The molecule has 1 aromatic heterocycles. The van der Waals surface area contributed by atoms with E-state index in [1.807, 2.05) is 4.90 Å². The van der Waals surface area contributed by atoms with Crippen LogP contribution in [0.15, 0.2) is 61.4 Å². The van der Waals surface area contributed by atoms with Gasteiger partial charge in [-0.3, -0.25) is 39.1 Å². The fourth-order valence-corrected chi connectivity index (χ4v) is 9.84. The molecule has 0 saturated carbocycles. The molecular weight excluding hydrogens is 836 g/mol. The second-order valence-electron chi connectivity index (χ2n) is 16.8. The summed E-state index contributed by atoms with van der Waals surface area (Å²) >= 11 is 5.98. The predicted octanol–water partition coefficient (Wildman–Crippen LogP) is 5.66. The van der Waals surface area contributed by atoms with Gasteiger partial charge in [0.15, 0.2) is 0 Å². The van der Waals surface area contributed by atoms with Crippen molar-refractivity contribution in [1.29, 1.82) is 0 Å². The number of nitrogens with one attached hydrogen (secondary N) is 3. The SMILES string of the molecule is C=CC(=O)Nc1cc2c(Nc3ccc(F)c(Cl)c3)ncnc2cc1OCCCN1CCC(CN2C3CCC2CN(c2cc4c(cc2F)C(=O)N(C2CCC(=O)NC2=O)C4=O)C3)CC1. The summed E-state index contributed by atoms with van der Waals surface area (Å²) in [4.78, 5) is 79.9. The number of carbonyl (C=O) groups is 5. The number of amides is 5. The van der Waals surface area contributed by atoms with E-state index in [0.717, 1.165) is 69.2 Å². The molecule has 3 unspecified atom stereocenters.